The van der Waals surface area contributed by atoms with Gasteiger partial charge in [-0.05, 0) is 24.3 Å². The molecule has 0 aliphatic carbocycles. The molecular formula is C14H16F2N4O. The fourth-order valence-electron chi connectivity index (χ4n) is 1.25. The Kier molecular flexibility index (Phi) is 6.90. The Balaban J connectivity index is 0.000000219. The van der Waals surface area contributed by atoms with Gasteiger partial charge in [-0.15, -0.1) is 0 Å². The highest BCUT2D eigenvalue weighted by Gasteiger charge is 1.95. The smallest absolute Gasteiger partial charge is 0.217 e. The molecule has 0 aliphatic rings. The maximum absolute atomic E-state index is 12.3. The number of rotatable bonds is 3. The van der Waals surface area contributed by atoms with Crippen molar-refractivity contribution >= 4 is 5.91 Å². The predicted octanol–water partition coefficient (Wildman–Crippen LogP) is 1.54. The van der Waals surface area contributed by atoms with Crippen LogP contribution in [-0.2, 0) is 17.9 Å². The highest BCUT2D eigenvalue weighted by atomic mass is 19.1. The number of nitrogens with two attached hydrogens (primary N) is 1. The maximum Gasteiger partial charge on any atom is 0.217 e. The van der Waals surface area contributed by atoms with Crippen molar-refractivity contribution in [1.82, 2.24) is 15.3 Å². The first-order valence-electron chi connectivity index (χ1n) is 6.16. The molecule has 1 amide bonds. The van der Waals surface area contributed by atoms with E-state index in [0.29, 0.717) is 24.5 Å². The van der Waals surface area contributed by atoms with E-state index in [2.05, 4.69) is 15.3 Å². The van der Waals surface area contributed by atoms with Crippen molar-refractivity contribution in [2.24, 2.45) is 5.73 Å². The highest BCUT2D eigenvalue weighted by Crippen LogP contribution is 1.97. The Bertz CT molecular complexity index is 558. The number of hydrogen-bond donors (Lipinski definition) is 2. The Labute approximate surface area is 121 Å². The third-order valence-electron chi connectivity index (χ3n) is 2.30. The molecular weight excluding hydrogens is 278 g/mol. The number of aromatic nitrogens is 2. The van der Waals surface area contributed by atoms with Crippen molar-refractivity contribution in [1.29, 1.82) is 0 Å². The molecule has 21 heavy (non-hydrogen) atoms. The van der Waals surface area contributed by atoms with E-state index >= 15 is 0 Å². The van der Waals surface area contributed by atoms with Crippen molar-refractivity contribution in [3.8, 4) is 0 Å². The first-order valence-corrected chi connectivity index (χ1v) is 6.16. The van der Waals surface area contributed by atoms with Gasteiger partial charge in [0, 0.05) is 13.5 Å². The molecule has 0 radical (unpaired) electrons. The third kappa shape index (κ3) is 7.07. The Morgan fingerprint density at radius 2 is 1.62 bits per heavy atom. The van der Waals surface area contributed by atoms with E-state index in [1.54, 1.807) is 6.07 Å². The van der Waals surface area contributed by atoms with Gasteiger partial charge in [-0.1, -0.05) is 0 Å². The van der Waals surface area contributed by atoms with Crippen LogP contribution in [0.2, 0.25) is 0 Å². The number of hydrogen-bond acceptors (Lipinski definition) is 4. The average Bonchev–Trinajstić information content (AvgIpc) is 2.48. The Morgan fingerprint density at radius 1 is 1.10 bits per heavy atom. The summed E-state index contributed by atoms with van der Waals surface area (Å²) < 4.78 is 24.5. The van der Waals surface area contributed by atoms with Gasteiger partial charge in [0.15, 0.2) is 0 Å². The van der Waals surface area contributed by atoms with Crippen LogP contribution < -0.4 is 11.1 Å². The average molecular weight is 294 g/mol. The summed E-state index contributed by atoms with van der Waals surface area (Å²) in [5.74, 6) is -0.824. The number of carbonyl (C=O) groups is 1. The van der Waals surface area contributed by atoms with Crippen molar-refractivity contribution in [3.05, 3.63) is 59.7 Å². The van der Waals surface area contributed by atoms with Crippen molar-refractivity contribution in [2.75, 3.05) is 0 Å². The first-order chi connectivity index (χ1) is 10.0. The Hall–Kier alpha value is -2.41. The van der Waals surface area contributed by atoms with Crippen molar-refractivity contribution in [3.63, 3.8) is 0 Å². The fraction of sp³-hybridized carbons (Fsp3) is 0.214. The van der Waals surface area contributed by atoms with Gasteiger partial charge in [-0.25, -0.2) is 8.78 Å². The van der Waals surface area contributed by atoms with E-state index in [1.807, 2.05) is 0 Å². The zero-order valence-electron chi connectivity index (χ0n) is 11.5. The summed E-state index contributed by atoms with van der Waals surface area (Å²) >= 11 is 0. The van der Waals surface area contributed by atoms with Gasteiger partial charge in [-0.3, -0.25) is 14.8 Å². The van der Waals surface area contributed by atoms with Crippen LogP contribution in [0.15, 0.2) is 36.7 Å². The molecule has 0 spiro atoms. The molecule has 0 unspecified atom stereocenters. The van der Waals surface area contributed by atoms with Gasteiger partial charge < -0.3 is 11.1 Å². The molecule has 112 valence electrons. The molecule has 2 aromatic rings. The van der Waals surface area contributed by atoms with Crippen molar-refractivity contribution in [2.45, 2.75) is 20.0 Å². The van der Waals surface area contributed by atoms with Crippen LogP contribution in [0.25, 0.3) is 0 Å². The summed E-state index contributed by atoms with van der Waals surface area (Å²) in [6.07, 6.45) is 2.28. The van der Waals surface area contributed by atoms with Crippen LogP contribution >= 0.6 is 0 Å². The quantitative estimate of drug-likeness (QED) is 0.899. The number of pyridine rings is 2. The lowest BCUT2D eigenvalue weighted by Gasteiger charge is -1.99. The van der Waals surface area contributed by atoms with E-state index in [0.717, 1.165) is 12.4 Å². The summed E-state index contributed by atoms with van der Waals surface area (Å²) in [7, 11) is 0. The van der Waals surface area contributed by atoms with Crippen molar-refractivity contribution < 1.29 is 13.6 Å². The molecule has 0 saturated carbocycles. The highest BCUT2D eigenvalue weighted by molar-refractivity contribution is 5.72. The van der Waals surface area contributed by atoms with E-state index in [-0.39, 0.29) is 17.5 Å². The van der Waals surface area contributed by atoms with Gasteiger partial charge >= 0.3 is 0 Å². The minimum absolute atomic E-state index is 0.124. The van der Waals surface area contributed by atoms with Crippen LogP contribution in [0.5, 0.6) is 0 Å². The number of nitrogens with zero attached hydrogens (tertiary/aromatic N) is 2. The molecule has 2 aromatic heterocycles. The molecule has 7 heteroatoms. The monoisotopic (exact) mass is 294 g/mol. The summed E-state index contributed by atoms with van der Waals surface area (Å²) in [5, 5.41) is 2.56. The second kappa shape index (κ2) is 8.70. The van der Waals surface area contributed by atoms with Crippen LogP contribution in [0.1, 0.15) is 18.3 Å². The topological polar surface area (TPSA) is 80.9 Å². The molecule has 5 nitrogen and oxygen atoms in total. The Morgan fingerprint density at radius 3 is 2.00 bits per heavy atom. The molecule has 0 atom stereocenters. The lowest BCUT2D eigenvalue weighted by atomic mass is 10.3. The number of halogens is 2. The molecule has 2 heterocycles. The summed E-state index contributed by atoms with van der Waals surface area (Å²) in [4.78, 5) is 17.9. The van der Waals surface area contributed by atoms with Gasteiger partial charge in [0.1, 0.15) is 11.6 Å². The number of carbonyl (C=O) groups excluding carboxylic acids is 1. The number of amides is 1. The van der Waals surface area contributed by atoms with E-state index in [9.17, 15) is 13.6 Å². The number of nitrogens with one attached hydrogen (secondary N) is 1. The SMILES string of the molecule is CC(=O)NCc1ccc(F)cn1.NCc1ccc(F)cn1. The van der Waals surface area contributed by atoms with Crippen LogP contribution in [0.4, 0.5) is 8.78 Å². The minimum Gasteiger partial charge on any atom is -0.351 e. The molecule has 0 fully saturated rings. The summed E-state index contributed by atoms with van der Waals surface area (Å²) in [5.41, 5.74) is 6.56. The summed E-state index contributed by atoms with van der Waals surface area (Å²) in [6.45, 7) is 2.12. The normalized spacial score (nSPS) is 9.52. The minimum atomic E-state index is -0.374. The second-order valence-corrected chi connectivity index (χ2v) is 4.05. The van der Waals surface area contributed by atoms with Gasteiger partial charge in [0.25, 0.3) is 0 Å². The first kappa shape index (κ1) is 16.6. The van der Waals surface area contributed by atoms with Gasteiger partial charge in [-0.2, -0.15) is 0 Å². The van der Waals surface area contributed by atoms with E-state index in [4.69, 9.17) is 5.73 Å². The molecule has 0 aliphatic heterocycles. The largest absolute Gasteiger partial charge is 0.351 e. The van der Waals surface area contributed by atoms with Crippen LogP contribution in [-0.4, -0.2) is 15.9 Å². The predicted molar refractivity (Wildman–Crippen MR) is 73.8 cm³/mol. The lowest BCUT2D eigenvalue weighted by Crippen LogP contribution is -2.19. The summed E-state index contributed by atoms with van der Waals surface area (Å²) in [6, 6.07) is 5.75. The van der Waals surface area contributed by atoms with Crippen LogP contribution in [0, 0.1) is 11.6 Å². The standard InChI is InChI=1S/C8H9FN2O.C6H7FN2/c1-6(12)10-5-8-3-2-7(9)4-11-8;7-5-1-2-6(3-8)9-4-5/h2-4H,5H2,1H3,(H,10,12);1-2,4H,3,8H2. The zero-order valence-corrected chi connectivity index (χ0v) is 11.5. The fourth-order valence-corrected chi connectivity index (χ4v) is 1.25. The zero-order chi connectivity index (χ0) is 15.7. The molecule has 0 aromatic carbocycles. The van der Waals surface area contributed by atoms with Crippen LogP contribution in [0.3, 0.4) is 0 Å². The van der Waals surface area contributed by atoms with Gasteiger partial charge in [0.05, 0.1) is 30.3 Å². The molecule has 3 N–H and O–H groups in total. The second-order valence-electron chi connectivity index (χ2n) is 4.05. The third-order valence-corrected chi connectivity index (χ3v) is 2.30. The molecule has 2 rings (SSSR count). The maximum atomic E-state index is 12.3. The molecule has 0 saturated heterocycles. The lowest BCUT2D eigenvalue weighted by molar-refractivity contribution is -0.119. The van der Waals surface area contributed by atoms with E-state index in [1.165, 1.54) is 25.1 Å². The van der Waals surface area contributed by atoms with Gasteiger partial charge in [0.2, 0.25) is 5.91 Å². The van der Waals surface area contributed by atoms with E-state index < -0.39 is 0 Å². The molecule has 0 bridgehead atoms.